The Morgan fingerprint density at radius 3 is 1.35 bits per heavy atom. The molecule has 0 unspecified atom stereocenters. The summed E-state index contributed by atoms with van der Waals surface area (Å²) in [5.74, 6) is 0. The van der Waals surface area contributed by atoms with Crippen molar-refractivity contribution >= 4 is 0 Å². The van der Waals surface area contributed by atoms with Gasteiger partial charge < -0.3 is 79.9 Å². The fourth-order valence-electron chi connectivity index (χ4n) is 4.06. The summed E-state index contributed by atoms with van der Waals surface area (Å²) in [6.45, 7) is -2.32. The maximum Gasteiger partial charge on any atom is 0.187 e. The van der Waals surface area contributed by atoms with Crippen LogP contribution in [0.1, 0.15) is 0 Å². The smallest absolute Gasteiger partial charge is 0.187 e. The molecule has 34 heavy (non-hydrogen) atoms. The van der Waals surface area contributed by atoms with Crippen LogP contribution in [0.15, 0.2) is 0 Å². The molecule has 0 aromatic rings. The van der Waals surface area contributed by atoms with Crippen molar-refractivity contribution in [3.8, 4) is 0 Å². The molecule has 200 valence electrons. The Morgan fingerprint density at radius 2 is 0.853 bits per heavy atom. The molecule has 3 aliphatic rings. The first-order valence-electron chi connectivity index (χ1n) is 10.6. The third-order valence-corrected chi connectivity index (χ3v) is 6.09. The summed E-state index contributed by atoms with van der Waals surface area (Å²) < 4.78 is 26.4. The largest absolute Gasteiger partial charge is 0.394 e. The average molecular weight is 504 g/mol. The van der Waals surface area contributed by atoms with Crippen LogP contribution in [-0.2, 0) is 23.7 Å². The van der Waals surface area contributed by atoms with E-state index in [2.05, 4.69) is 0 Å². The van der Waals surface area contributed by atoms with Crippen LogP contribution >= 0.6 is 0 Å². The van der Waals surface area contributed by atoms with E-state index in [0.717, 1.165) is 0 Å². The fourth-order valence-corrected chi connectivity index (χ4v) is 4.06. The maximum absolute atomic E-state index is 10.6. The van der Waals surface area contributed by atoms with Gasteiger partial charge in [-0.15, -0.1) is 0 Å². The molecule has 0 aromatic carbocycles. The minimum absolute atomic E-state index is 0.741. The van der Waals surface area contributed by atoms with Gasteiger partial charge in [0.05, 0.1) is 19.8 Å². The number of rotatable bonds is 7. The van der Waals surface area contributed by atoms with Gasteiger partial charge in [0.2, 0.25) is 0 Å². The summed E-state index contributed by atoms with van der Waals surface area (Å²) in [6, 6.07) is 0. The molecule has 11 N–H and O–H groups in total. The molecule has 0 saturated carbocycles. The monoisotopic (exact) mass is 504 g/mol. The van der Waals surface area contributed by atoms with Gasteiger partial charge in [0.1, 0.15) is 73.2 Å². The van der Waals surface area contributed by atoms with Gasteiger partial charge >= 0.3 is 0 Å². The highest BCUT2D eigenvalue weighted by Crippen LogP contribution is 2.32. The quantitative estimate of drug-likeness (QED) is 0.154. The van der Waals surface area contributed by atoms with Crippen LogP contribution in [0.2, 0.25) is 0 Å². The SMILES string of the molecule is OC[C@H]1O[C@@H](O[C@H]2[C@H](O)[C@@H](O)[C@H](O[C@H]3[C@H](O)[C@H](O)[C@H](O)O[C@@H]3CO)O[C@@H]2CO)[C@H](O)[C@@H](O)[C@H]1O. The van der Waals surface area contributed by atoms with Crippen molar-refractivity contribution in [3.05, 3.63) is 0 Å². The van der Waals surface area contributed by atoms with Gasteiger partial charge in [-0.2, -0.15) is 0 Å². The molecule has 16 heteroatoms. The number of aliphatic hydroxyl groups is 11. The molecule has 3 fully saturated rings. The van der Waals surface area contributed by atoms with Gasteiger partial charge in [-0.3, -0.25) is 0 Å². The highest BCUT2D eigenvalue weighted by molar-refractivity contribution is 4.96. The van der Waals surface area contributed by atoms with Crippen molar-refractivity contribution in [2.45, 2.75) is 92.1 Å². The minimum Gasteiger partial charge on any atom is -0.394 e. The lowest BCUT2D eigenvalue weighted by Gasteiger charge is -2.47. The van der Waals surface area contributed by atoms with E-state index in [1.807, 2.05) is 0 Å². The Labute approximate surface area is 192 Å². The molecule has 0 aliphatic carbocycles. The molecule has 0 spiro atoms. The zero-order valence-corrected chi connectivity index (χ0v) is 17.7. The van der Waals surface area contributed by atoms with E-state index in [0.29, 0.717) is 0 Å². The summed E-state index contributed by atoms with van der Waals surface area (Å²) >= 11 is 0. The first kappa shape index (κ1) is 27.9. The zero-order chi connectivity index (χ0) is 25.3. The van der Waals surface area contributed by atoms with Gasteiger partial charge in [-0.05, 0) is 0 Å². The van der Waals surface area contributed by atoms with Crippen LogP contribution in [0, 0.1) is 0 Å². The highest BCUT2D eigenvalue weighted by Gasteiger charge is 2.53. The Morgan fingerprint density at radius 1 is 0.441 bits per heavy atom. The molecule has 0 bridgehead atoms. The second kappa shape index (κ2) is 11.6. The Balaban J connectivity index is 1.72. The van der Waals surface area contributed by atoms with E-state index in [-0.39, 0.29) is 0 Å². The number of aliphatic hydroxyl groups excluding tert-OH is 11. The minimum atomic E-state index is -1.91. The van der Waals surface area contributed by atoms with Crippen LogP contribution in [0.5, 0.6) is 0 Å². The molecular formula is C18H32O16. The molecule has 0 aromatic heterocycles. The van der Waals surface area contributed by atoms with Crippen molar-refractivity contribution in [1.82, 2.24) is 0 Å². The highest BCUT2D eigenvalue weighted by atomic mass is 16.8. The van der Waals surface area contributed by atoms with Gasteiger partial charge in [0.25, 0.3) is 0 Å². The fraction of sp³-hybridized carbons (Fsp3) is 1.00. The van der Waals surface area contributed by atoms with Gasteiger partial charge in [0.15, 0.2) is 18.9 Å². The molecule has 15 atom stereocenters. The lowest BCUT2D eigenvalue weighted by molar-refractivity contribution is -0.377. The van der Waals surface area contributed by atoms with E-state index in [9.17, 15) is 56.2 Å². The first-order valence-corrected chi connectivity index (χ1v) is 10.6. The van der Waals surface area contributed by atoms with Crippen LogP contribution in [0.3, 0.4) is 0 Å². The van der Waals surface area contributed by atoms with Crippen LogP contribution in [0.4, 0.5) is 0 Å². The van der Waals surface area contributed by atoms with E-state index in [1.165, 1.54) is 0 Å². The predicted molar refractivity (Wildman–Crippen MR) is 101 cm³/mol. The summed E-state index contributed by atoms with van der Waals surface area (Å²) in [5, 5.41) is 109. The molecule has 16 nitrogen and oxygen atoms in total. The summed E-state index contributed by atoms with van der Waals surface area (Å²) in [7, 11) is 0. The average Bonchev–Trinajstić information content (AvgIpc) is 2.83. The van der Waals surface area contributed by atoms with Crippen LogP contribution < -0.4 is 0 Å². The number of hydrogen-bond donors (Lipinski definition) is 11. The maximum atomic E-state index is 10.6. The Bertz CT molecular complexity index is 635. The molecule has 3 heterocycles. The van der Waals surface area contributed by atoms with Crippen LogP contribution in [-0.4, -0.2) is 168 Å². The summed E-state index contributed by atoms with van der Waals surface area (Å²) in [4.78, 5) is 0. The van der Waals surface area contributed by atoms with Crippen molar-refractivity contribution in [3.63, 3.8) is 0 Å². The normalized spacial score (nSPS) is 52.5. The van der Waals surface area contributed by atoms with E-state index in [1.54, 1.807) is 0 Å². The molecular weight excluding hydrogens is 472 g/mol. The van der Waals surface area contributed by atoms with Crippen molar-refractivity contribution in [1.29, 1.82) is 0 Å². The Kier molecular flexibility index (Phi) is 9.54. The van der Waals surface area contributed by atoms with Crippen molar-refractivity contribution < 1.29 is 79.9 Å². The van der Waals surface area contributed by atoms with E-state index in [4.69, 9.17) is 23.7 Å². The Hall–Kier alpha value is -0.640. The van der Waals surface area contributed by atoms with E-state index >= 15 is 0 Å². The number of hydrogen-bond acceptors (Lipinski definition) is 16. The van der Waals surface area contributed by atoms with Gasteiger partial charge in [0, 0.05) is 0 Å². The number of ether oxygens (including phenoxy) is 5. The van der Waals surface area contributed by atoms with Gasteiger partial charge in [-0.1, -0.05) is 0 Å². The first-order chi connectivity index (χ1) is 16.0. The lowest BCUT2D eigenvalue weighted by atomic mass is 9.96. The van der Waals surface area contributed by atoms with Crippen molar-refractivity contribution in [2.24, 2.45) is 0 Å². The topological polar surface area (TPSA) is 269 Å². The second-order valence-corrected chi connectivity index (χ2v) is 8.33. The molecule has 0 radical (unpaired) electrons. The molecule has 3 aliphatic heterocycles. The predicted octanol–water partition coefficient (Wildman–Crippen LogP) is -7.57. The lowest BCUT2D eigenvalue weighted by Crippen LogP contribution is -2.66. The molecule has 3 rings (SSSR count). The third kappa shape index (κ3) is 5.37. The third-order valence-electron chi connectivity index (χ3n) is 6.09. The second-order valence-electron chi connectivity index (χ2n) is 8.33. The molecule has 0 amide bonds. The standard InChI is InChI=1S/C18H32O16/c19-1-4-7(22)8(23)12(27)17(31-4)34-15-6(3-21)32-18(13(28)10(15)25)33-14-5(2-20)30-16(29)11(26)9(14)24/h4-29H,1-3H2/t4-,5-,6-,7+,8+,9-,10-,11+,12-,13-,14-,15-,16-,17+,18+/m1/s1. The molecule has 3 saturated heterocycles. The van der Waals surface area contributed by atoms with Gasteiger partial charge in [-0.25, -0.2) is 0 Å². The summed E-state index contributed by atoms with van der Waals surface area (Å²) in [5.41, 5.74) is 0. The zero-order valence-electron chi connectivity index (χ0n) is 17.7. The van der Waals surface area contributed by atoms with Crippen molar-refractivity contribution in [2.75, 3.05) is 19.8 Å². The summed E-state index contributed by atoms with van der Waals surface area (Å²) in [6.07, 6.45) is -25.1. The van der Waals surface area contributed by atoms with E-state index < -0.39 is 112 Å². The van der Waals surface area contributed by atoms with Crippen LogP contribution in [0.25, 0.3) is 0 Å².